The zero-order valence-corrected chi connectivity index (χ0v) is 7.54. The van der Waals surface area contributed by atoms with Gasteiger partial charge in [0.1, 0.15) is 0 Å². The van der Waals surface area contributed by atoms with Gasteiger partial charge in [-0.25, -0.2) is 4.79 Å². The molecule has 1 saturated heterocycles. The molecule has 0 aromatic rings. The molecule has 1 rings (SSSR count). The van der Waals surface area contributed by atoms with Gasteiger partial charge in [-0.2, -0.15) is 0 Å². The summed E-state index contributed by atoms with van der Waals surface area (Å²) in [4.78, 5) is 12.2. The molecule has 1 unspecified atom stereocenters. The third kappa shape index (κ3) is 1.53. The number of likely N-dealkylation sites (tertiary alicyclic amines) is 1. The summed E-state index contributed by atoms with van der Waals surface area (Å²) in [5.41, 5.74) is -0.305. The Labute approximate surface area is 72.1 Å². The minimum atomic E-state index is -0.841. The van der Waals surface area contributed by atoms with E-state index in [0.717, 1.165) is 12.8 Å². The van der Waals surface area contributed by atoms with Crippen LogP contribution in [0.1, 0.15) is 19.8 Å². The Morgan fingerprint density at radius 2 is 2.42 bits per heavy atom. The Kier molecular flexibility index (Phi) is 2.57. The maximum absolute atomic E-state index is 10.8. The molecule has 0 bridgehead atoms. The summed E-state index contributed by atoms with van der Waals surface area (Å²) >= 11 is 0. The second-order valence-electron chi connectivity index (χ2n) is 3.47. The van der Waals surface area contributed by atoms with Crippen LogP contribution >= 0.6 is 0 Å². The Bertz CT molecular complexity index is 183. The van der Waals surface area contributed by atoms with E-state index in [2.05, 4.69) is 0 Å². The summed E-state index contributed by atoms with van der Waals surface area (Å²) in [6, 6.07) is 0. The lowest BCUT2D eigenvalue weighted by molar-refractivity contribution is 0.0500. The molecule has 1 amide bonds. The van der Waals surface area contributed by atoms with Crippen LogP contribution in [0.2, 0.25) is 0 Å². The van der Waals surface area contributed by atoms with Crippen molar-refractivity contribution in [3.05, 3.63) is 0 Å². The molecular formula is C8H15NO3. The van der Waals surface area contributed by atoms with Crippen LogP contribution in [0.5, 0.6) is 0 Å². The molecule has 1 heterocycles. The monoisotopic (exact) mass is 173 g/mol. The van der Waals surface area contributed by atoms with Crippen LogP contribution < -0.4 is 0 Å². The van der Waals surface area contributed by atoms with E-state index < -0.39 is 6.09 Å². The number of methoxy groups -OCH3 is 1. The van der Waals surface area contributed by atoms with Gasteiger partial charge in [0.2, 0.25) is 0 Å². The van der Waals surface area contributed by atoms with Crippen molar-refractivity contribution < 1.29 is 14.6 Å². The fraction of sp³-hybridized carbons (Fsp3) is 0.875. The molecule has 1 aliphatic rings. The van der Waals surface area contributed by atoms with Gasteiger partial charge in [0.15, 0.2) is 0 Å². The summed E-state index contributed by atoms with van der Waals surface area (Å²) < 4.78 is 5.00. The van der Waals surface area contributed by atoms with Crippen molar-refractivity contribution >= 4 is 6.09 Å². The predicted octanol–water partition coefficient (Wildman–Crippen LogP) is 1.17. The summed E-state index contributed by atoms with van der Waals surface area (Å²) in [6.45, 7) is 3.05. The van der Waals surface area contributed by atoms with Crippen molar-refractivity contribution in [2.24, 2.45) is 0 Å². The van der Waals surface area contributed by atoms with Crippen LogP contribution in [-0.4, -0.2) is 41.9 Å². The molecule has 1 atom stereocenters. The van der Waals surface area contributed by atoms with Crippen LogP contribution in [0.15, 0.2) is 0 Å². The second-order valence-corrected chi connectivity index (χ2v) is 3.47. The van der Waals surface area contributed by atoms with Crippen LogP contribution in [0.25, 0.3) is 0 Å². The van der Waals surface area contributed by atoms with Gasteiger partial charge in [-0.05, 0) is 19.8 Å². The van der Waals surface area contributed by atoms with Gasteiger partial charge >= 0.3 is 6.09 Å². The number of rotatable bonds is 2. The van der Waals surface area contributed by atoms with Gasteiger partial charge in [-0.3, -0.25) is 0 Å². The van der Waals surface area contributed by atoms with E-state index in [1.54, 1.807) is 7.11 Å². The van der Waals surface area contributed by atoms with Gasteiger partial charge in [0.25, 0.3) is 0 Å². The van der Waals surface area contributed by atoms with Crippen molar-refractivity contribution in [1.82, 2.24) is 4.90 Å². The van der Waals surface area contributed by atoms with E-state index in [-0.39, 0.29) is 5.54 Å². The molecule has 1 aliphatic heterocycles. The van der Waals surface area contributed by atoms with Crippen LogP contribution in [-0.2, 0) is 4.74 Å². The van der Waals surface area contributed by atoms with Crippen molar-refractivity contribution in [2.75, 3.05) is 20.3 Å². The first-order valence-electron chi connectivity index (χ1n) is 4.10. The summed E-state index contributed by atoms with van der Waals surface area (Å²) in [5.74, 6) is 0. The smallest absolute Gasteiger partial charge is 0.407 e. The molecule has 0 spiro atoms. The fourth-order valence-corrected chi connectivity index (χ4v) is 1.81. The number of amides is 1. The molecule has 1 fully saturated rings. The third-order valence-corrected chi connectivity index (χ3v) is 2.43. The van der Waals surface area contributed by atoms with Gasteiger partial charge < -0.3 is 14.7 Å². The zero-order valence-electron chi connectivity index (χ0n) is 7.54. The summed E-state index contributed by atoms with van der Waals surface area (Å²) in [6.07, 6.45) is 0.992. The van der Waals surface area contributed by atoms with E-state index in [9.17, 15) is 4.79 Å². The van der Waals surface area contributed by atoms with E-state index in [0.29, 0.717) is 13.2 Å². The van der Waals surface area contributed by atoms with Crippen LogP contribution in [0.3, 0.4) is 0 Å². The van der Waals surface area contributed by atoms with E-state index in [4.69, 9.17) is 9.84 Å². The standard InChI is InChI=1S/C8H15NO3/c1-8(6-12-2)4-3-5-9(8)7(10)11/h3-6H2,1-2H3,(H,10,11). The normalized spacial score (nSPS) is 29.3. The minimum Gasteiger partial charge on any atom is -0.465 e. The number of hydrogen-bond acceptors (Lipinski definition) is 2. The summed E-state index contributed by atoms with van der Waals surface area (Å²) in [5, 5.41) is 8.85. The first-order valence-corrected chi connectivity index (χ1v) is 4.10. The molecular weight excluding hydrogens is 158 g/mol. The molecule has 1 N–H and O–H groups in total. The van der Waals surface area contributed by atoms with E-state index >= 15 is 0 Å². The Balaban J connectivity index is 2.67. The maximum Gasteiger partial charge on any atom is 0.407 e. The SMILES string of the molecule is COCC1(C)CCCN1C(=O)O. The number of nitrogens with zero attached hydrogens (tertiary/aromatic N) is 1. The van der Waals surface area contributed by atoms with Crippen molar-refractivity contribution in [3.8, 4) is 0 Å². The number of carbonyl (C=O) groups is 1. The quantitative estimate of drug-likeness (QED) is 0.681. The topological polar surface area (TPSA) is 49.8 Å². The third-order valence-electron chi connectivity index (χ3n) is 2.43. The summed E-state index contributed by atoms with van der Waals surface area (Å²) in [7, 11) is 1.60. The molecule has 0 aromatic carbocycles. The van der Waals surface area contributed by atoms with Crippen molar-refractivity contribution in [2.45, 2.75) is 25.3 Å². The lowest BCUT2D eigenvalue weighted by Crippen LogP contribution is -2.47. The molecule has 70 valence electrons. The molecule has 0 saturated carbocycles. The Morgan fingerprint density at radius 3 is 2.92 bits per heavy atom. The Hall–Kier alpha value is -0.770. The van der Waals surface area contributed by atoms with E-state index in [1.807, 2.05) is 6.92 Å². The number of hydrogen-bond donors (Lipinski definition) is 1. The second kappa shape index (κ2) is 3.31. The van der Waals surface area contributed by atoms with Gasteiger partial charge in [0.05, 0.1) is 12.1 Å². The molecule has 4 nitrogen and oxygen atoms in total. The van der Waals surface area contributed by atoms with Crippen molar-refractivity contribution in [1.29, 1.82) is 0 Å². The highest BCUT2D eigenvalue weighted by Crippen LogP contribution is 2.28. The van der Waals surface area contributed by atoms with Gasteiger partial charge in [-0.1, -0.05) is 0 Å². The molecule has 12 heavy (non-hydrogen) atoms. The van der Waals surface area contributed by atoms with E-state index in [1.165, 1.54) is 4.90 Å². The molecule has 4 heteroatoms. The minimum absolute atomic E-state index is 0.305. The highest BCUT2D eigenvalue weighted by atomic mass is 16.5. The fourth-order valence-electron chi connectivity index (χ4n) is 1.81. The maximum atomic E-state index is 10.8. The first-order chi connectivity index (χ1) is 5.60. The average Bonchev–Trinajstić information content (AvgIpc) is 2.32. The highest BCUT2D eigenvalue weighted by Gasteiger charge is 2.39. The largest absolute Gasteiger partial charge is 0.465 e. The number of ether oxygens (including phenoxy) is 1. The zero-order chi connectivity index (χ0) is 9.19. The Morgan fingerprint density at radius 1 is 1.75 bits per heavy atom. The van der Waals surface area contributed by atoms with Crippen LogP contribution in [0.4, 0.5) is 4.79 Å². The predicted molar refractivity (Wildman–Crippen MR) is 44.2 cm³/mol. The first kappa shape index (κ1) is 9.32. The van der Waals surface area contributed by atoms with Crippen molar-refractivity contribution in [3.63, 3.8) is 0 Å². The molecule has 0 radical (unpaired) electrons. The van der Waals surface area contributed by atoms with Crippen LogP contribution in [0, 0.1) is 0 Å². The average molecular weight is 173 g/mol. The number of carboxylic acid groups (broad SMARTS) is 1. The van der Waals surface area contributed by atoms with Gasteiger partial charge in [-0.15, -0.1) is 0 Å². The lowest BCUT2D eigenvalue weighted by Gasteiger charge is -2.32. The molecule has 0 aromatic heterocycles. The van der Waals surface area contributed by atoms with Gasteiger partial charge in [0, 0.05) is 13.7 Å². The lowest BCUT2D eigenvalue weighted by atomic mass is 10.0. The highest BCUT2D eigenvalue weighted by molar-refractivity contribution is 5.66. The molecule has 0 aliphatic carbocycles.